The highest BCUT2D eigenvalue weighted by Crippen LogP contribution is 2.44. The number of aliphatic hydroxyl groups is 1. The van der Waals surface area contributed by atoms with E-state index in [1.54, 1.807) is 0 Å². The van der Waals surface area contributed by atoms with Gasteiger partial charge in [0.05, 0.1) is 17.6 Å². The largest absolute Gasteiger partial charge is 0.447 e. The van der Waals surface area contributed by atoms with Gasteiger partial charge in [0.15, 0.2) is 0 Å². The summed E-state index contributed by atoms with van der Waals surface area (Å²) in [6, 6.07) is 6.20. The summed E-state index contributed by atoms with van der Waals surface area (Å²) in [5.41, 5.74) is 2.62. The monoisotopic (exact) mass is 443 g/mol. The van der Waals surface area contributed by atoms with Crippen molar-refractivity contribution in [1.82, 2.24) is 4.90 Å². The molecular weight excluding hydrogens is 406 g/mol. The minimum absolute atomic E-state index is 0.165. The summed E-state index contributed by atoms with van der Waals surface area (Å²) in [4.78, 5) is 29.9. The number of aryl methyl sites for hydroxylation is 1. The summed E-state index contributed by atoms with van der Waals surface area (Å²) in [5, 5.41) is 12.6. The van der Waals surface area contributed by atoms with Crippen LogP contribution in [0.25, 0.3) is 0 Å². The molecule has 1 aromatic carbocycles. The van der Waals surface area contributed by atoms with Crippen molar-refractivity contribution in [2.45, 2.75) is 84.0 Å². The van der Waals surface area contributed by atoms with Crippen LogP contribution >= 0.6 is 0 Å². The van der Waals surface area contributed by atoms with Crippen molar-refractivity contribution in [2.75, 3.05) is 29.9 Å². The Morgan fingerprint density at radius 3 is 2.62 bits per heavy atom. The molecule has 3 fully saturated rings. The lowest BCUT2D eigenvalue weighted by Gasteiger charge is -2.42. The Balaban J connectivity index is 1.44. The van der Waals surface area contributed by atoms with Gasteiger partial charge in [-0.25, -0.2) is 4.79 Å². The van der Waals surface area contributed by atoms with E-state index in [0.717, 1.165) is 75.8 Å². The normalized spacial score (nSPS) is 28.5. The molecule has 2 heterocycles. The molecule has 0 radical (unpaired) electrons. The van der Waals surface area contributed by atoms with Crippen molar-refractivity contribution >= 4 is 23.4 Å². The lowest BCUT2D eigenvalue weighted by Crippen LogP contribution is -2.50. The summed E-state index contributed by atoms with van der Waals surface area (Å²) < 4.78 is 5.17. The average molecular weight is 444 g/mol. The third-order valence-corrected chi connectivity index (χ3v) is 7.36. The van der Waals surface area contributed by atoms with Crippen LogP contribution in [-0.4, -0.2) is 59.9 Å². The van der Waals surface area contributed by atoms with E-state index in [9.17, 15) is 14.7 Å². The molecule has 7 nitrogen and oxygen atoms in total. The highest BCUT2D eigenvalue weighted by molar-refractivity contribution is 5.87. The maximum atomic E-state index is 13.6. The van der Waals surface area contributed by atoms with Crippen molar-refractivity contribution < 1.29 is 19.4 Å². The standard InChI is InChI=1S/C25H37N3O4/c1-17(2)32-24(31)26-19-5-10-22(18(3)15-19)27-13-4-11-25(16-27)12-14-28(23(25)30)20-6-8-21(29)9-7-20/h5,10,15,17,20-21,29H,4,6-9,11-14,16H2,1-3H3,(H,26,31)/t20-,21-,25-/m0/s1. The molecular formula is C25H37N3O4. The second-order valence-corrected chi connectivity index (χ2v) is 10.1. The van der Waals surface area contributed by atoms with Gasteiger partial charge < -0.3 is 19.6 Å². The molecule has 32 heavy (non-hydrogen) atoms. The zero-order chi connectivity index (χ0) is 22.9. The summed E-state index contributed by atoms with van der Waals surface area (Å²) in [6.07, 6.45) is 5.50. The van der Waals surface area contributed by atoms with Crippen LogP contribution in [0.15, 0.2) is 18.2 Å². The fraction of sp³-hybridized carbons (Fsp3) is 0.680. The van der Waals surface area contributed by atoms with E-state index in [-0.39, 0.29) is 17.6 Å². The number of nitrogens with zero attached hydrogens (tertiary/aromatic N) is 2. The summed E-state index contributed by atoms with van der Waals surface area (Å²) in [6.45, 7) is 8.22. The molecule has 176 valence electrons. The third kappa shape index (κ3) is 4.72. The van der Waals surface area contributed by atoms with E-state index < -0.39 is 6.09 Å². The number of nitrogens with one attached hydrogen (secondary N) is 1. The van der Waals surface area contributed by atoms with Crippen molar-refractivity contribution in [1.29, 1.82) is 0 Å². The highest BCUT2D eigenvalue weighted by Gasteiger charge is 2.50. The molecule has 2 amide bonds. The van der Waals surface area contributed by atoms with Crippen molar-refractivity contribution in [3.63, 3.8) is 0 Å². The van der Waals surface area contributed by atoms with Crippen LogP contribution in [0.1, 0.15) is 64.4 Å². The first kappa shape index (κ1) is 22.9. The Labute approximate surface area is 191 Å². The van der Waals surface area contributed by atoms with Crippen LogP contribution in [0.2, 0.25) is 0 Å². The van der Waals surface area contributed by atoms with E-state index in [0.29, 0.717) is 17.6 Å². The molecule has 1 saturated carbocycles. The molecule has 4 rings (SSSR count). The number of likely N-dealkylation sites (tertiary alicyclic amines) is 1. The minimum Gasteiger partial charge on any atom is -0.447 e. The zero-order valence-electron chi connectivity index (χ0n) is 19.6. The average Bonchev–Trinajstić information content (AvgIpc) is 3.03. The van der Waals surface area contributed by atoms with Gasteiger partial charge in [-0.3, -0.25) is 10.1 Å². The van der Waals surface area contributed by atoms with Crippen LogP contribution in [-0.2, 0) is 9.53 Å². The molecule has 7 heteroatoms. The second-order valence-electron chi connectivity index (χ2n) is 10.1. The van der Waals surface area contributed by atoms with Gasteiger partial charge in [-0.1, -0.05) is 0 Å². The van der Waals surface area contributed by atoms with E-state index >= 15 is 0 Å². The molecule has 1 spiro atoms. The second kappa shape index (κ2) is 9.30. The van der Waals surface area contributed by atoms with Crippen LogP contribution in [0, 0.1) is 12.3 Å². The lowest BCUT2D eigenvalue weighted by atomic mass is 9.78. The molecule has 2 N–H and O–H groups in total. The number of carbonyl (C=O) groups is 2. The van der Waals surface area contributed by atoms with E-state index in [2.05, 4.69) is 15.1 Å². The molecule has 2 saturated heterocycles. The predicted octanol–water partition coefficient (Wildman–Crippen LogP) is 4.07. The fourth-order valence-corrected chi connectivity index (χ4v) is 5.73. The van der Waals surface area contributed by atoms with E-state index in [1.807, 2.05) is 39.0 Å². The van der Waals surface area contributed by atoms with Crippen molar-refractivity contribution in [3.05, 3.63) is 23.8 Å². The first-order valence-corrected chi connectivity index (χ1v) is 12.1. The molecule has 0 unspecified atom stereocenters. The zero-order valence-corrected chi connectivity index (χ0v) is 19.6. The third-order valence-electron chi connectivity index (χ3n) is 7.36. The van der Waals surface area contributed by atoms with Crippen LogP contribution < -0.4 is 10.2 Å². The van der Waals surface area contributed by atoms with E-state index in [4.69, 9.17) is 4.74 Å². The Morgan fingerprint density at radius 1 is 1.19 bits per heavy atom. The lowest BCUT2D eigenvalue weighted by molar-refractivity contribution is -0.139. The Bertz CT molecular complexity index is 850. The molecule has 3 aliphatic rings. The first-order chi connectivity index (χ1) is 15.3. The van der Waals surface area contributed by atoms with Crippen molar-refractivity contribution in [2.24, 2.45) is 5.41 Å². The Morgan fingerprint density at radius 2 is 1.94 bits per heavy atom. The summed E-state index contributed by atoms with van der Waals surface area (Å²) >= 11 is 0. The van der Waals surface area contributed by atoms with Gasteiger partial charge in [-0.15, -0.1) is 0 Å². The number of hydrogen-bond acceptors (Lipinski definition) is 5. The highest BCUT2D eigenvalue weighted by atomic mass is 16.6. The topological polar surface area (TPSA) is 82.1 Å². The maximum absolute atomic E-state index is 13.6. The molecule has 0 aromatic heterocycles. The molecule has 1 aliphatic carbocycles. The summed E-state index contributed by atoms with van der Waals surface area (Å²) in [5.74, 6) is 0.316. The molecule has 0 bridgehead atoms. The van der Waals surface area contributed by atoms with E-state index in [1.165, 1.54) is 0 Å². The summed E-state index contributed by atoms with van der Waals surface area (Å²) in [7, 11) is 0. The number of benzene rings is 1. The quantitative estimate of drug-likeness (QED) is 0.733. The number of hydrogen-bond donors (Lipinski definition) is 2. The maximum Gasteiger partial charge on any atom is 0.411 e. The van der Waals surface area contributed by atoms with Gasteiger partial charge in [0.2, 0.25) is 5.91 Å². The van der Waals surface area contributed by atoms with Gasteiger partial charge in [-0.05, 0) is 89.5 Å². The number of ether oxygens (including phenoxy) is 1. The molecule has 2 aliphatic heterocycles. The van der Waals surface area contributed by atoms with Crippen molar-refractivity contribution in [3.8, 4) is 0 Å². The number of piperidine rings is 1. The van der Waals surface area contributed by atoms with Gasteiger partial charge >= 0.3 is 6.09 Å². The van der Waals surface area contributed by atoms with Gasteiger partial charge in [-0.2, -0.15) is 0 Å². The number of carbonyl (C=O) groups excluding carboxylic acids is 2. The number of aliphatic hydroxyl groups excluding tert-OH is 1. The molecule has 1 aromatic rings. The van der Waals surface area contributed by atoms with Crippen LogP contribution in [0.4, 0.5) is 16.2 Å². The SMILES string of the molecule is Cc1cc(NC(=O)OC(C)C)ccc1N1CCC[C@]2(CCN([C@H]3CC[C@H](O)CC3)C2=O)C1. The Kier molecular flexibility index (Phi) is 6.65. The smallest absolute Gasteiger partial charge is 0.411 e. The Hall–Kier alpha value is -2.28. The number of anilines is 2. The minimum atomic E-state index is -0.448. The number of amides is 2. The van der Waals surface area contributed by atoms with Gasteiger partial charge in [0.25, 0.3) is 0 Å². The van der Waals surface area contributed by atoms with Crippen LogP contribution in [0.5, 0.6) is 0 Å². The van der Waals surface area contributed by atoms with Gasteiger partial charge in [0.1, 0.15) is 0 Å². The first-order valence-electron chi connectivity index (χ1n) is 12.1. The predicted molar refractivity (Wildman–Crippen MR) is 125 cm³/mol. The number of rotatable bonds is 4. The molecule has 1 atom stereocenters. The van der Waals surface area contributed by atoms with Crippen LogP contribution in [0.3, 0.4) is 0 Å². The van der Waals surface area contributed by atoms with Gasteiger partial charge in [0, 0.05) is 37.1 Å². The fourth-order valence-electron chi connectivity index (χ4n) is 5.73.